The molecule has 9 nitrogen and oxygen atoms in total. The summed E-state index contributed by atoms with van der Waals surface area (Å²) in [6.07, 6.45) is 0. The maximum absolute atomic E-state index is 11.7. The fourth-order valence-corrected chi connectivity index (χ4v) is 2.15. The van der Waals surface area contributed by atoms with Crippen molar-refractivity contribution >= 4 is 33.3 Å². The van der Waals surface area contributed by atoms with E-state index >= 15 is 0 Å². The number of ether oxygens (including phenoxy) is 1. The zero-order valence-electron chi connectivity index (χ0n) is 12.9. The van der Waals surface area contributed by atoms with E-state index in [2.05, 4.69) is 20.7 Å². The van der Waals surface area contributed by atoms with Crippen LogP contribution in [-0.4, -0.2) is 53.4 Å². The molecule has 0 aliphatic carbocycles. The molecule has 3 amide bonds. The van der Waals surface area contributed by atoms with Crippen molar-refractivity contribution in [3.8, 4) is 0 Å². The fraction of sp³-hybridized carbons (Fsp3) is 0.385. The van der Waals surface area contributed by atoms with E-state index in [4.69, 9.17) is 4.74 Å². The predicted molar refractivity (Wildman–Crippen MR) is 86.8 cm³/mol. The number of nitrogens with one attached hydrogen (secondary N) is 4. The Morgan fingerprint density at radius 2 is 1.83 bits per heavy atom. The van der Waals surface area contributed by atoms with Crippen molar-refractivity contribution in [2.45, 2.75) is 0 Å². The van der Waals surface area contributed by atoms with E-state index in [1.54, 1.807) is 24.3 Å². The lowest BCUT2D eigenvalue weighted by atomic mass is 10.2. The second kappa shape index (κ2) is 9.08. The van der Waals surface area contributed by atoms with Crippen LogP contribution in [0.25, 0.3) is 0 Å². The van der Waals surface area contributed by atoms with Crippen LogP contribution in [0.1, 0.15) is 0 Å². The first-order valence-corrected chi connectivity index (χ1v) is 8.36. The second-order valence-electron chi connectivity index (χ2n) is 4.47. The number of hydrogen-bond acceptors (Lipinski definition) is 5. The fourth-order valence-electron chi connectivity index (χ4n) is 1.58. The lowest BCUT2D eigenvalue weighted by Gasteiger charge is -2.10. The van der Waals surface area contributed by atoms with Crippen molar-refractivity contribution < 1.29 is 22.7 Å². The van der Waals surface area contributed by atoms with E-state index in [9.17, 15) is 18.0 Å². The van der Waals surface area contributed by atoms with Gasteiger partial charge in [0.15, 0.2) is 0 Å². The van der Waals surface area contributed by atoms with Gasteiger partial charge in [0.2, 0.25) is 15.9 Å². The molecule has 0 atom stereocenters. The van der Waals surface area contributed by atoms with Crippen molar-refractivity contribution in [2.75, 3.05) is 43.7 Å². The molecule has 0 heterocycles. The monoisotopic (exact) mass is 344 g/mol. The van der Waals surface area contributed by atoms with Gasteiger partial charge in [-0.05, 0) is 25.2 Å². The van der Waals surface area contributed by atoms with Crippen molar-refractivity contribution in [2.24, 2.45) is 0 Å². The standard InChI is InChI=1S/C13H20N4O5S/c1-14-23(20,21)7-6-15-13(19)17-11-5-3-4-10(8-11)16-12(18)9-22-2/h3-5,8,14H,6-7,9H2,1-2H3,(H,16,18)(H2,15,17,19). The van der Waals surface area contributed by atoms with Gasteiger partial charge in [-0.25, -0.2) is 17.9 Å². The average molecular weight is 344 g/mol. The van der Waals surface area contributed by atoms with Crippen LogP contribution in [0.3, 0.4) is 0 Å². The number of sulfonamides is 1. The molecule has 10 heteroatoms. The summed E-state index contributed by atoms with van der Waals surface area (Å²) >= 11 is 0. The summed E-state index contributed by atoms with van der Waals surface area (Å²) in [5, 5.41) is 7.57. The van der Waals surface area contributed by atoms with E-state index < -0.39 is 16.1 Å². The van der Waals surface area contributed by atoms with Crippen molar-refractivity contribution in [3.05, 3.63) is 24.3 Å². The van der Waals surface area contributed by atoms with Crippen LogP contribution in [0.5, 0.6) is 0 Å². The first-order chi connectivity index (χ1) is 10.9. The third kappa shape index (κ3) is 7.58. The Morgan fingerprint density at radius 1 is 1.17 bits per heavy atom. The van der Waals surface area contributed by atoms with Gasteiger partial charge in [0.1, 0.15) is 6.61 Å². The topological polar surface area (TPSA) is 126 Å². The van der Waals surface area contributed by atoms with Crippen LogP contribution in [-0.2, 0) is 19.6 Å². The maximum atomic E-state index is 11.7. The molecule has 1 rings (SSSR count). The molecule has 0 saturated carbocycles. The number of anilines is 2. The SMILES string of the molecule is CNS(=O)(=O)CCNC(=O)Nc1cccc(NC(=O)COC)c1. The number of carbonyl (C=O) groups excluding carboxylic acids is 2. The molecule has 0 unspecified atom stereocenters. The minimum Gasteiger partial charge on any atom is -0.375 e. The smallest absolute Gasteiger partial charge is 0.319 e. The molecule has 0 bridgehead atoms. The van der Waals surface area contributed by atoms with Gasteiger partial charge >= 0.3 is 6.03 Å². The third-order valence-electron chi connectivity index (χ3n) is 2.65. The molecule has 1 aromatic rings. The van der Waals surface area contributed by atoms with Crippen LogP contribution in [0.15, 0.2) is 24.3 Å². The Morgan fingerprint density at radius 3 is 2.43 bits per heavy atom. The number of rotatable bonds is 8. The number of amides is 3. The van der Waals surface area contributed by atoms with Crippen molar-refractivity contribution in [3.63, 3.8) is 0 Å². The largest absolute Gasteiger partial charge is 0.375 e. The Balaban J connectivity index is 2.50. The molecule has 128 valence electrons. The summed E-state index contributed by atoms with van der Waals surface area (Å²) in [7, 11) is -0.648. The zero-order valence-corrected chi connectivity index (χ0v) is 13.7. The lowest BCUT2D eigenvalue weighted by Crippen LogP contribution is -2.35. The summed E-state index contributed by atoms with van der Waals surface area (Å²) in [6, 6.07) is 5.98. The van der Waals surface area contributed by atoms with Gasteiger partial charge in [-0.15, -0.1) is 0 Å². The second-order valence-corrected chi connectivity index (χ2v) is 6.51. The number of carbonyl (C=O) groups is 2. The van der Waals surface area contributed by atoms with E-state index in [-0.39, 0.29) is 24.8 Å². The van der Waals surface area contributed by atoms with Crippen molar-refractivity contribution in [1.29, 1.82) is 0 Å². The first kappa shape index (κ1) is 18.9. The Hall–Kier alpha value is -2.17. The summed E-state index contributed by atoms with van der Waals surface area (Å²) in [5.74, 6) is -0.532. The summed E-state index contributed by atoms with van der Waals surface area (Å²) in [6.45, 7) is -0.0998. The average Bonchev–Trinajstić information content (AvgIpc) is 2.47. The van der Waals surface area contributed by atoms with E-state index in [0.717, 1.165) is 0 Å². The van der Waals surface area contributed by atoms with Gasteiger partial charge in [0.05, 0.1) is 5.75 Å². The first-order valence-electron chi connectivity index (χ1n) is 6.71. The van der Waals surface area contributed by atoms with Crippen molar-refractivity contribution in [1.82, 2.24) is 10.0 Å². The molecular formula is C13H20N4O5S. The molecule has 4 N–H and O–H groups in total. The highest BCUT2D eigenvalue weighted by Crippen LogP contribution is 2.14. The van der Waals surface area contributed by atoms with Gasteiger partial charge in [0, 0.05) is 25.0 Å². The number of methoxy groups -OCH3 is 1. The van der Waals surface area contributed by atoms with Crippen LogP contribution >= 0.6 is 0 Å². The molecule has 0 fully saturated rings. The molecule has 0 spiro atoms. The van der Waals surface area contributed by atoms with Gasteiger partial charge in [-0.3, -0.25) is 4.79 Å². The Kier molecular flexibility index (Phi) is 7.45. The summed E-state index contributed by atoms with van der Waals surface area (Å²) in [4.78, 5) is 23.1. The molecule has 0 aliphatic heterocycles. The summed E-state index contributed by atoms with van der Waals surface area (Å²) < 4.78 is 29.3. The molecule has 23 heavy (non-hydrogen) atoms. The van der Waals surface area contributed by atoms with Gasteiger partial charge < -0.3 is 20.7 Å². The molecule has 0 aliphatic rings. The highest BCUT2D eigenvalue weighted by molar-refractivity contribution is 7.89. The molecule has 0 aromatic heterocycles. The molecular weight excluding hydrogens is 324 g/mol. The lowest BCUT2D eigenvalue weighted by molar-refractivity contribution is -0.119. The van der Waals surface area contributed by atoms with Crippen LogP contribution in [0, 0.1) is 0 Å². The van der Waals surface area contributed by atoms with E-state index in [1.807, 2.05) is 0 Å². The Labute approximate surface area is 134 Å². The highest BCUT2D eigenvalue weighted by Gasteiger charge is 2.08. The van der Waals surface area contributed by atoms with Gasteiger partial charge in [0.25, 0.3) is 0 Å². The summed E-state index contributed by atoms with van der Waals surface area (Å²) in [5.41, 5.74) is 0.955. The zero-order chi connectivity index (χ0) is 17.3. The highest BCUT2D eigenvalue weighted by atomic mass is 32.2. The van der Waals surface area contributed by atoms with Crippen LogP contribution < -0.4 is 20.7 Å². The predicted octanol–water partition coefficient (Wildman–Crippen LogP) is -0.0578. The van der Waals surface area contributed by atoms with Crippen LogP contribution in [0.4, 0.5) is 16.2 Å². The minimum absolute atomic E-state index is 0.0285. The van der Waals surface area contributed by atoms with Crippen LogP contribution in [0.2, 0.25) is 0 Å². The normalized spacial score (nSPS) is 10.9. The van der Waals surface area contributed by atoms with Gasteiger partial charge in [-0.2, -0.15) is 0 Å². The molecule has 0 radical (unpaired) electrons. The third-order valence-corrected chi connectivity index (χ3v) is 4.01. The maximum Gasteiger partial charge on any atom is 0.319 e. The minimum atomic E-state index is -3.37. The quantitative estimate of drug-likeness (QED) is 0.526. The molecule has 0 saturated heterocycles. The van der Waals surface area contributed by atoms with Gasteiger partial charge in [-0.1, -0.05) is 6.07 Å². The number of benzene rings is 1. The van der Waals surface area contributed by atoms with E-state index in [0.29, 0.717) is 11.4 Å². The van der Waals surface area contributed by atoms with E-state index in [1.165, 1.54) is 14.2 Å². The Bertz CT molecular complexity index is 648. The number of hydrogen-bond donors (Lipinski definition) is 4. The number of urea groups is 1. The molecule has 1 aromatic carbocycles.